The molecule has 1 aromatic heterocycles. The first kappa shape index (κ1) is 25.3. The summed E-state index contributed by atoms with van der Waals surface area (Å²) in [5, 5.41) is 2.52. The van der Waals surface area contributed by atoms with Gasteiger partial charge < -0.3 is 9.64 Å². The number of hydrogen-bond acceptors (Lipinski definition) is 6. The van der Waals surface area contributed by atoms with Gasteiger partial charge in [0.15, 0.2) is 0 Å². The number of urea groups is 1. The average Bonchev–Trinajstić information content (AvgIpc) is 2.97. The number of anilines is 2. The van der Waals surface area contributed by atoms with E-state index in [2.05, 4.69) is 10.3 Å². The maximum atomic E-state index is 13.0. The smallest absolute Gasteiger partial charge is 0.446 e. The molecule has 1 unspecified atom stereocenters. The normalized spacial score (nSPS) is 16.2. The van der Waals surface area contributed by atoms with Gasteiger partial charge >= 0.3 is 17.6 Å². The van der Waals surface area contributed by atoms with Crippen molar-refractivity contribution in [1.82, 2.24) is 9.88 Å². The Hall–Kier alpha value is -3.28. The highest BCUT2D eigenvalue weighted by Gasteiger charge is 2.43. The average molecular weight is 497 g/mol. The van der Waals surface area contributed by atoms with Crippen LogP contribution in [0, 0.1) is 0 Å². The minimum Gasteiger partial charge on any atom is -0.449 e. The molecule has 1 aliphatic rings. The summed E-state index contributed by atoms with van der Waals surface area (Å²) in [6.45, 7) is 3.89. The molecular formula is C22H23F3N4O4S. The van der Waals surface area contributed by atoms with Gasteiger partial charge in [-0.05, 0) is 67.1 Å². The Bertz CT molecular complexity index is 1050. The highest BCUT2D eigenvalue weighted by atomic mass is 32.2. The van der Waals surface area contributed by atoms with Gasteiger partial charge in [0.1, 0.15) is 11.9 Å². The fraction of sp³-hybridized carbons (Fsp3) is 0.364. The van der Waals surface area contributed by atoms with Crippen molar-refractivity contribution in [2.45, 2.75) is 49.7 Å². The molecule has 8 nitrogen and oxygen atoms in total. The lowest BCUT2D eigenvalue weighted by Crippen LogP contribution is -2.33. The second kappa shape index (κ2) is 10.8. The van der Waals surface area contributed by atoms with Crippen LogP contribution in [-0.4, -0.2) is 46.1 Å². The highest BCUT2D eigenvalue weighted by molar-refractivity contribution is 8.00. The van der Waals surface area contributed by atoms with Crippen LogP contribution in [0.1, 0.15) is 32.3 Å². The molecule has 3 rings (SSSR count). The standard InChI is InChI=1S/C22H23F3N4O4S/c1-3-4-11-33-20(31)27-18-12-15(9-10-26-18)13-28-14(2)19(30)29(21(28)32)16-5-7-17(8-6-16)34-22(23,24)25/h5-10,12,14H,3-4,11,13H2,1-2H3,(H,26,27,31). The van der Waals surface area contributed by atoms with Gasteiger partial charge in [-0.3, -0.25) is 10.1 Å². The van der Waals surface area contributed by atoms with E-state index in [1.807, 2.05) is 6.92 Å². The number of ether oxygens (including phenoxy) is 1. The summed E-state index contributed by atoms with van der Waals surface area (Å²) in [5.41, 5.74) is -3.63. The lowest BCUT2D eigenvalue weighted by Gasteiger charge is -2.19. The van der Waals surface area contributed by atoms with Crippen LogP contribution in [0.15, 0.2) is 47.5 Å². The molecule has 2 heterocycles. The molecule has 1 fully saturated rings. The Morgan fingerprint density at radius 2 is 1.91 bits per heavy atom. The zero-order chi connectivity index (χ0) is 24.9. The van der Waals surface area contributed by atoms with E-state index >= 15 is 0 Å². The van der Waals surface area contributed by atoms with Gasteiger partial charge in [-0.2, -0.15) is 13.2 Å². The van der Waals surface area contributed by atoms with Crippen molar-refractivity contribution in [3.8, 4) is 0 Å². The number of imide groups is 1. The zero-order valence-corrected chi connectivity index (χ0v) is 19.3. The fourth-order valence-corrected chi connectivity index (χ4v) is 3.77. The number of carbonyl (C=O) groups excluding carboxylic acids is 3. The molecule has 2 aromatic rings. The van der Waals surface area contributed by atoms with Crippen molar-refractivity contribution in [3.63, 3.8) is 0 Å². The van der Waals surface area contributed by atoms with E-state index in [1.54, 1.807) is 19.1 Å². The number of halogens is 3. The van der Waals surface area contributed by atoms with Gasteiger partial charge in [-0.1, -0.05) is 13.3 Å². The lowest BCUT2D eigenvalue weighted by atomic mass is 10.2. The number of thioether (sulfide) groups is 1. The van der Waals surface area contributed by atoms with E-state index in [-0.39, 0.29) is 41.3 Å². The summed E-state index contributed by atoms with van der Waals surface area (Å²) in [4.78, 5) is 43.9. The Labute approximate surface area is 198 Å². The summed E-state index contributed by atoms with van der Waals surface area (Å²) in [5.74, 6) is -0.257. The minimum absolute atomic E-state index is 0.0507. The molecule has 4 amide bonds. The third-order valence-corrected chi connectivity index (χ3v) is 5.69. The molecule has 1 saturated heterocycles. The molecule has 1 N–H and O–H groups in total. The largest absolute Gasteiger partial charge is 0.449 e. The van der Waals surface area contributed by atoms with Gasteiger partial charge in [0, 0.05) is 17.6 Å². The molecule has 1 atom stereocenters. The SMILES string of the molecule is CCCCOC(=O)Nc1cc(CN2C(=O)N(c3ccc(SC(F)(F)F)cc3)C(=O)C2C)ccn1. The first-order valence-electron chi connectivity index (χ1n) is 10.5. The van der Waals surface area contributed by atoms with Crippen molar-refractivity contribution in [2.75, 3.05) is 16.8 Å². The zero-order valence-electron chi connectivity index (χ0n) is 18.5. The van der Waals surface area contributed by atoms with Crippen molar-refractivity contribution in [2.24, 2.45) is 0 Å². The molecule has 1 aromatic carbocycles. The molecule has 182 valence electrons. The van der Waals surface area contributed by atoms with E-state index in [0.29, 0.717) is 5.56 Å². The number of nitrogens with one attached hydrogen (secondary N) is 1. The summed E-state index contributed by atoms with van der Waals surface area (Å²) >= 11 is -0.276. The summed E-state index contributed by atoms with van der Waals surface area (Å²) < 4.78 is 42.7. The predicted molar refractivity (Wildman–Crippen MR) is 120 cm³/mol. The number of benzene rings is 1. The first-order chi connectivity index (χ1) is 16.1. The molecule has 0 saturated carbocycles. The number of alkyl halides is 3. The third kappa shape index (κ3) is 6.40. The van der Waals surface area contributed by atoms with Crippen LogP contribution in [-0.2, 0) is 16.1 Å². The van der Waals surface area contributed by atoms with Gasteiger partial charge in [-0.25, -0.2) is 19.5 Å². The monoisotopic (exact) mass is 496 g/mol. The van der Waals surface area contributed by atoms with Crippen LogP contribution in [0.25, 0.3) is 0 Å². The molecule has 34 heavy (non-hydrogen) atoms. The van der Waals surface area contributed by atoms with E-state index in [0.717, 1.165) is 17.7 Å². The molecule has 0 radical (unpaired) electrons. The molecule has 0 spiro atoms. The second-order valence-corrected chi connectivity index (χ2v) is 8.60. The lowest BCUT2D eigenvalue weighted by molar-refractivity contribution is -0.119. The maximum absolute atomic E-state index is 13.0. The van der Waals surface area contributed by atoms with E-state index in [1.165, 1.54) is 35.4 Å². The van der Waals surface area contributed by atoms with Gasteiger partial charge in [0.25, 0.3) is 5.91 Å². The Balaban J connectivity index is 1.69. The van der Waals surface area contributed by atoms with Crippen LogP contribution in [0.4, 0.5) is 34.3 Å². The summed E-state index contributed by atoms with van der Waals surface area (Å²) in [6, 6.07) is 6.85. The quantitative estimate of drug-likeness (QED) is 0.299. The van der Waals surface area contributed by atoms with Crippen LogP contribution in [0.2, 0.25) is 0 Å². The van der Waals surface area contributed by atoms with Crippen LogP contribution < -0.4 is 10.2 Å². The van der Waals surface area contributed by atoms with E-state index in [9.17, 15) is 27.6 Å². The number of rotatable bonds is 8. The summed E-state index contributed by atoms with van der Waals surface area (Å²) in [6.07, 6.45) is 2.44. The van der Waals surface area contributed by atoms with E-state index in [4.69, 9.17) is 4.74 Å². The van der Waals surface area contributed by atoms with Gasteiger partial charge in [-0.15, -0.1) is 0 Å². The Morgan fingerprint density at radius 3 is 2.56 bits per heavy atom. The fourth-order valence-electron chi connectivity index (χ4n) is 3.24. The van der Waals surface area contributed by atoms with Gasteiger partial charge in [0.05, 0.1) is 12.3 Å². The Morgan fingerprint density at radius 1 is 1.21 bits per heavy atom. The van der Waals surface area contributed by atoms with Crippen LogP contribution in [0.5, 0.6) is 0 Å². The number of unbranched alkanes of at least 4 members (excludes halogenated alkanes) is 1. The van der Waals surface area contributed by atoms with Crippen LogP contribution >= 0.6 is 11.8 Å². The molecule has 1 aliphatic heterocycles. The number of nitrogens with zero attached hydrogens (tertiary/aromatic N) is 3. The molecule has 0 bridgehead atoms. The number of pyridine rings is 1. The summed E-state index contributed by atoms with van der Waals surface area (Å²) in [7, 11) is 0. The van der Waals surface area contributed by atoms with Crippen molar-refractivity contribution in [3.05, 3.63) is 48.2 Å². The van der Waals surface area contributed by atoms with Crippen LogP contribution in [0.3, 0.4) is 0 Å². The van der Waals surface area contributed by atoms with E-state index < -0.39 is 29.6 Å². The number of hydrogen-bond donors (Lipinski definition) is 1. The second-order valence-electron chi connectivity index (χ2n) is 7.47. The highest BCUT2D eigenvalue weighted by Crippen LogP contribution is 2.38. The minimum atomic E-state index is -4.43. The topological polar surface area (TPSA) is 91.8 Å². The molecule has 12 heteroatoms. The number of aromatic nitrogens is 1. The Kier molecular flexibility index (Phi) is 8.02. The molecular weight excluding hydrogens is 473 g/mol. The van der Waals surface area contributed by atoms with Crippen molar-refractivity contribution < 1.29 is 32.3 Å². The number of carbonyl (C=O) groups is 3. The van der Waals surface area contributed by atoms with Gasteiger partial charge in [0.2, 0.25) is 0 Å². The third-order valence-electron chi connectivity index (χ3n) is 4.95. The van der Waals surface area contributed by atoms with Crippen molar-refractivity contribution in [1.29, 1.82) is 0 Å². The molecule has 0 aliphatic carbocycles. The first-order valence-corrected chi connectivity index (χ1v) is 11.3. The number of amides is 4. The maximum Gasteiger partial charge on any atom is 0.446 e. The van der Waals surface area contributed by atoms with Crippen molar-refractivity contribution >= 4 is 41.3 Å². The predicted octanol–water partition coefficient (Wildman–Crippen LogP) is 5.40.